The number of phenols is 1. The molecule has 57 heavy (non-hydrogen) atoms. The van der Waals surface area contributed by atoms with Crippen LogP contribution in [-0.2, 0) is 35.2 Å². The van der Waals surface area contributed by atoms with Crippen LogP contribution in [0.25, 0.3) is 0 Å². The standard InChI is InChI=1S/C39H66N10O8/c1-5-25(4)33(35(53)46-30(38(56)57)22-24(2)3)47-32(51)23-48(21-17-26-13-15-27(50)16-14-26)37(55)31-12-9-20-49(31)36(54)29(11-6-7-18-40)45-34(52)28(41)10-8-19-44-39(42)43/h13-16,24-25,28-31,33,50H,5-12,17-23,40-41H2,1-4H3,(H,45,52)(H,46,53)(H,47,51)(H,56,57)(H4,42,43,44)/t25-,28-,29-,30-,31-,33-/m0/s1. The summed E-state index contributed by atoms with van der Waals surface area (Å²) in [6.45, 7) is 7.83. The van der Waals surface area contributed by atoms with Crippen LogP contribution in [0.1, 0.15) is 91.0 Å². The van der Waals surface area contributed by atoms with E-state index in [9.17, 15) is 39.0 Å². The Balaban J connectivity index is 2.34. The van der Waals surface area contributed by atoms with Crippen LogP contribution in [0.4, 0.5) is 0 Å². The Morgan fingerprint density at radius 2 is 1.61 bits per heavy atom. The first kappa shape index (κ1) is 48.2. The Morgan fingerprint density at radius 3 is 2.21 bits per heavy atom. The predicted molar refractivity (Wildman–Crippen MR) is 216 cm³/mol. The number of rotatable bonds is 25. The molecule has 1 fully saturated rings. The Labute approximate surface area is 335 Å². The molecule has 0 spiro atoms. The number of benzene rings is 1. The lowest BCUT2D eigenvalue weighted by Crippen LogP contribution is -2.58. The van der Waals surface area contributed by atoms with Crippen molar-refractivity contribution in [3.05, 3.63) is 29.8 Å². The molecule has 0 unspecified atom stereocenters. The number of carbonyl (C=O) groups excluding carboxylic acids is 5. The number of hydrogen-bond acceptors (Lipinski definition) is 10. The van der Waals surface area contributed by atoms with Gasteiger partial charge in [0.25, 0.3) is 0 Å². The van der Waals surface area contributed by atoms with Gasteiger partial charge in [0.15, 0.2) is 5.96 Å². The number of nitrogens with two attached hydrogens (primary N) is 4. The number of carbonyl (C=O) groups is 6. The summed E-state index contributed by atoms with van der Waals surface area (Å²) in [4.78, 5) is 87.5. The summed E-state index contributed by atoms with van der Waals surface area (Å²) in [5.74, 6) is -4.31. The topological polar surface area (TPSA) is 302 Å². The summed E-state index contributed by atoms with van der Waals surface area (Å²) in [6.07, 6.45) is 3.95. The Kier molecular flexibility index (Phi) is 20.8. The first-order valence-corrected chi connectivity index (χ1v) is 20.0. The van der Waals surface area contributed by atoms with E-state index < -0.39 is 72.3 Å². The van der Waals surface area contributed by atoms with Crippen molar-refractivity contribution in [1.82, 2.24) is 25.8 Å². The summed E-state index contributed by atoms with van der Waals surface area (Å²) in [7, 11) is 0. The molecular weight excluding hydrogens is 736 g/mol. The molecule has 0 aromatic heterocycles. The van der Waals surface area contributed by atoms with Gasteiger partial charge in [-0.1, -0.05) is 46.2 Å². The molecule has 18 heteroatoms. The highest BCUT2D eigenvalue weighted by Gasteiger charge is 2.40. The number of carboxylic acid groups (broad SMARTS) is 1. The summed E-state index contributed by atoms with van der Waals surface area (Å²) in [5.41, 5.74) is 23.4. The predicted octanol–water partition coefficient (Wildman–Crippen LogP) is -0.105. The number of guanidine groups is 1. The monoisotopic (exact) mass is 803 g/mol. The van der Waals surface area contributed by atoms with Gasteiger partial charge in [-0.3, -0.25) is 29.0 Å². The Hall–Kier alpha value is -4.97. The fourth-order valence-corrected chi connectivity index (χ4v) is 6.62. The number of aromatic hydroxyl groups is 1. The third-order valence-corrected chi connectivity index (χ3v) is 10.1. The minimum atomic E-state index is -1.18. The molecule has 6 atom stereocenters. The third-order valence-electron chi connectivity index (χ3n) is 10.1. The minimum absolute atomic E-state index is 0.0128. The van der Waals surface area contributed by atoms with E-state index in [-0.39, 0.29) is 62.4 Å². The van der Waals surface area contributed by atoms with E-state index in [0.29, 0.717) is 51.5 Å². The average Bonchev–Trinajstić information content (AvgIpc) is 3.66. The largest absolute Gasteiger partial charge is 0.508 e. The number of amides is 5. The lowest BCUT2D eigenvalue weighted by molar-refractivity contribution is -0.147. The number of likely N-dealkylation sites (tertiary alicyclic amines) is 1. The molecule has 320 valence electrons. The van der Waals surface area contributed by atoms with Gasteiger partial charge in [0.1, 0.15) is 29.9 Å². The van der Waals surface area contributed by atoms with Crippen LogP contribution in [-0.4, -0.2) is 124 Å². The maximum Gasteiger partial charge on any atom is 0.326 e. The molecule has 0 bridgehead atoms. The van der Waals surface area contributed by atoms with Gasteiger partial charge in [-0.15, -0.1) is 0 Å². The van der Waals surface area contributed by atoms with Crippen molar-refractivity contribution >= 4 is 41.5 Å². The van der Waals surface area contributed by atoms with Crippen LogP contribution in [0.15, 0.2) is 29.3 Å². The van der Waals surface area contributed by atoms with E-state index in [1.807, 2.05) is 20.8 Å². The third kappa shape index (κ3) is 16.6. The summed E-state index contributed by atoms with van der Waals surface area (Å²) in [6, 6.07) is 1.35. The molecule has 1 aliphatic rings. The van der Waals surface area contributed by atoms with Gasteiger partial charge in [-0.25, -0.2) is 4.79 Å². The molecule has 0 saturated carbocycles. The second-order valence-electron chi connectivity index (χ2n) is 15.2. The minimum Gasteiger partial charge on any atom is -0.508 e. The highest BCUT2D eigenvalue weighted by molar-refractivity contribution is 5.95. The zero-order chi connectivity index (χ0) is 42.7. The van der Waals surface area contributed by atoms with Crippen molar-refractivity contribution in [3.63, 3.8) is 0 Å². The highest BCUT2D eigenvalue weighted by Crippen LogP contribution is 2.23. The van der Waals surface area contributed by atoms with Gasteiger partial charge in [0.2, 0.25) is 29.5 Å². The molecule has 0 radical (unpaired) electrons. The first-order chi connectivity index (χ1) is 27.0. The quantitative estimate of drug-likeness (QED) is 0.0356. The lowest BCUT2D eigenvalue weighted by atomic mass is 9.97. The maximum atomic E-state index is 14.4. The highest BCUT2D eigenvalue weighted by atomic mass is 16.4. The van der Waals surface area contributed by atoms with E-state index in [1.54, 1.807) is 19.1 Å². The average molecular weight is 803 g/mol. The van der Waals surface area contributed by atoms with Gasteiger partial charge < -0.3 is 58.9 Å². The lowest BCUT2D eigenvalue weighted by Gasteiger charge is -2.33. The number of hydrogen-bond donors (Lipinski definition) is 9. The van der Waals surface area contributed by atoms with E-state index in [0.717, 1.165) is 5.56 Å². The number of nitrogens with one attached hydrogen (secondary N) is 3. The van der Waals surface area contributed by atoms with Gasteiger partial charge in [-0.05, 0) is 93.9 Å². The van der Waals surface area contributed by atoms with E-state index >= 15 is 0 Å². The molecule has 1 aromatic rings. The Morgan fingerprint density at radius 1 is 0.947 bits per heavy atom. The number of carboxylic acids is 1. The van der Waals surface area contributed by atoms with Crippen LogP contribution < -0.4 is 38.9 Å². The molecule has 18 nitrogen and oxygen atoms in total. The smallest absolute Gasteiger partial charge is 0.326 e. The second-order valence-corrected chi connectivity index (χ2v) is 15.2. The number of phenolic OH excluding ortho intramolecular Hbond substituents is 1. The van der Waals surface area contributed by atoms with E-state index in [4.69, 9.17) is 22.9 Å². The first-order valence-electron chi connectivity index (χ1n) is 20.0. The van der Waals surface area contributed by atoms with Gasteiger partial charge in [-0.2, -0.15) is 0 Å². The molecule has 0 aliphatic carbocycles. The molecule has 1 saturated heterocycles. The SMILES string of the molecule is CC[C@H](C)[C@H](NC(=O)CN(CCc1ccc(O)cc1)C(=O)[C@@H]1CCCN1C(=O)[C@H](CCCCN)NC(=O)[C@@H](N)CCCN=C(N)N)C(=O)N[C@@H](CC(C)C)C(=O)O. The number of aliphatic imine (C=N–C) groups is 1. The van der Waals surface area contributed by atoms with Crippen LogP contribution in [0.2, 0.25) is 0 Å². The summed E-state index contributed by atoms with van der Waals surface area (Å²) < 4.78 is 0. The fourth-order valence-electron chi connectivity index (χ4n) is 6.62. The number of aliphatic carboxylic acids is 1. The summed E-state index contributed by atoms with van der Waals surface area (Å²) in [5, 5.41) is 27.6. The normalized spacial score (nSPS) is 16.5. The molecule has 1 aliphatic heterocycles. The van der Waals surface area contributed by atoms with Gasteiger partial charge in [0.05, 0.1) is 12.6 Å². The number of unbranched alkanes of at least 4 members (excludes halogenated alkanes) is 1. The zero-order valence-corrected chi connectivity index (χ0v) is 34.0. The molecule has 13 N–H and O–H groups in total. The van der Waals surface area contributed by atoms with Crippen LogP contribution in [0, 0.1) is 11.8 Å². The second kappa shape index (κ2) is 24.6. The molecule has 2 rings (SSSR count). The van der Waals surface area contributed by atoms with Crippen LogP contribution >= 0.6 is 0 Å². The van der Waals surface area contributed by atoms with Crippen molar-refractivity contribution in [3.8, 4) is 5.75 Å². The van der Waals surface area contributed by atoms with E-state index in [1.165, 1.54) is 21.9 Å². The van der Waals surface area contributed by atoms with Crippen molar-refractivity contribution in [2.75, 3.05) is 32.7 Å². The fraction of sp³-hybridized carbons (Fsp3) is 0.667. The van der Waals surface area contributed by atoms with Gasteiger partial charge in [0, 0.05) is 19.6 Å². The van der Waals surface area contributed by atoms with Crippen LogP contribution in [0.5, 0.6) is 5.75 Å². The molecular formula is C39H66N10O8. The Bertz CT molecular complexity index is 1500. The van der Waals surface area contributed by atoms with Gasteiger partial charge >= 0.3 is 5.97 Å². The zero-order valence-electron chi connectivity index (χ0n) is 34.0. The van der Waals surface area contributed by atoms with Crippen molar-refractivity contribution in [1.29, 1.82) is 0 Å². The maximum absolute atomic E-state index is 14.4. The molecule has 5 amide bonds. The van der Waals surface area contributed by atoms with E-state index in [2.05, 4.69) is 20.9 Å². The van der Waals surface area contributed by atoms with Crippen LogP contribution in [0.3, 0.4) is 0 Å². The van der Waals surface area contributed by atoms with Crippen molar-refractivity contribution in [2.24, 2.45) is 39.8 Å². The van der Waals surface area contributed by atoms with Crippen molar-refractivity contribution in [2.45, 2.75) is 122 Å². The van der Waals surface area contributed by atoms with Crippen molar-refractivity contribution < 1.29 is 39.0 Å². The number of nitrogens with zero attached hydrogens (tertiary/aromatic N) is 3. The molecule has 1 aromatic carbocycles. The summed E-state index contributed by atoms with van der Waals surface area (Å²) >= 11 is 0. The molecule has 1 heterocycles.